The Labute approximate surface area is 131 Å². The van der Waals surface area contributed by atoms with E-state index in [2.05, 4.69) is 9.97 Å². The van der Waals surface area contributed by atoms with Crippen molar-refractivity contribution in [1.29, 1.82) is 0 Å². The number of aromatic amines is 1. The van der Waals surface area contributed by atoms with E-state index in [9.17, 15) is 4.79 Å². The van der Waals surface area contributed by atoms with Crippen LogP contribution in [-0.4, -0.2) is 9.97 Å². The van der Waals surface area contributed by atoms with Gasteiger partial charge in [0.05, 0.1) is 11.7 Å². The fourth-order valence-electron chi connectivity index (χ4n) is 2.38. The van der Waals surface area contributed by atoms with Gasteiger partial charge in [0.1, 0.15) is 11.5 Å². The number of aromatic nitrogens is 2. The SMILES string of the molecule is O=c1[nH]c2ccc(-c3cncc(Oc4ccccc4)c3)cc2o1. The molecule has 0 aliphatic rings. The van der Waals surface area contributed by atoms with Crippen LogP contribution in [0.2, 0.25) is 0 Å². The molecule has 0 saturated carbocycles. The van der Waals surface area contributed by atoms with E-state index in [1.165, 1.54) is 0 Å². The number of nitrogens with one attached hydrogen (secondary N) is 1. The molecule has 23 heavy (non-hydrogen) atoms. The van der Waals surface area contributed by atoms with E-state index in [4.69, 9.17) is 9.15 Å². The second-order valence-electron chi connectivity index (χ2n) is 5.05. The van der Waals surface area contributed by atoms with Crippen molar-refractivity contribution < 1.29 is 9.15 Å². The molecule has 1 N–H and O–H groups in total. The molecule has 0 bridgehead atoms. The minimum Gasteiger partial charge on any atom is -0.456 e. The summed E-state index contributed by atoms with van der Waals surface area (Å²) in [5, 5.41) is 0. The summed E-state index contributed by atoms with van der Waals surface area (Å²) < 4.78 is 10.9. The maximum atomic E-state index is 11.2. The van der Waals surface area contributed by atoms with Gasteiger partial charge < -0.3 is 9.15 Å². The van der Waals surface area contributed by atoms with Crippen LogP contribution in [0.3, 0.4) is 0 Å². The van der Waals surface area contributed by atoms with Crippen molar-refractivity contribution in [3.8, 4) is 22.6 Å². The average molecular weight is 304 g/mol. The van der Waals surface area contributed by atoms with Gasteiger partial charge in [0, 0.05) is 11.8 Å². The summed E-state index contributed by atoms with van der Waals surface area (Å²) in [6, 6.07) is 16.9. The third-order valence-corrected chi connectivity index (χ3v) is 3.45. The Bertz CT molecular complexity index is 1020. The lowest BCUT2D eigenvalue weighted by molar-refractivity contribution is 0.480. The first kappa shape index (κ1) is 13.3. The van der Waals surface area contributed by atoms with Crippen LogP contribution in [0.4, 0.5) is 0 Å². The smallest absolute Gasteiger partial charge is 0.417 e. The van der Waals surface area contributed by atoms with Gasteiger partial charge in [0.15, 0.2) is 5.58 Å². The Hall–Kier alpha value is -3.34. The number of pyridine rings is 1. The minimum atomic E-state index is -0.462. The molecule has 4 rings (SSSR count). The van der Waals surface area contributed by atoms with Gasteiger partial charge in [-0.2, -0.15) is 0 Å². The fourth-order valence-corrected chi connectivity index (χ4v) is 2.38. The Morgan fingerprint density at radius 1 is 0.913 bits per heavy atom. The maximum absolute atomic E-state index is 11.2. The molecular weight excluding hydrogens is 292 g/mol. The van der Waals surface area contributed by atoms with Crippen molar-refractivity contribution in [2.75, 3.05) is 0 Å². The van der Waals surface area contributed by atoms with E-state index < -0.39 is 5.76 Å². The third-order valence-electron chi connectivity index (χ3n) is 3.45. The molecule has 2 aromatic carbocycles. The Morgan fingerprint density at radius 3 is 2.65 bits per heavy atom. The number of oxazole rings is 1. The first-order valence-corrected chi connectivity index (χ1v) is 7.09. The highest BCUT2D eigenvalue weighted by Crippen LogP contribution is 2.27. The lowest BCUT2D eigenvalue weighted by Gasteiger charge is -2.07. The molecule has 0 fully saturated rings. The van der Waals surface area contributed by atoms with Gasteiger partial charge in [-0.15, -0.1) is 0 Å². The molecule has 4 aromatic rings. The average Bonchev–Trinajstić information content (AvgIpc) is 2.95. The zero-order valence-corrected chi connectivity index (χ0v) is 12.0. The van der Waals surface area contributed by atoms with Gasteiger partial charge in [-0.25, -0.2) is 4.79 Å². The quantitative estimate of drug-likeness (QED) is 0.621. The zero-order chi connectivity index (χ0) is 15.6. The highest BCUT2D eigenvalue weighted by molar-refractivity contribution is 5.79. The van der Waals surface area contributed by atoms with Gasteiger partial charge in [-0.05, 0) is 35.9 Å². The molecule has 0 spiro atoms. The van der Waals surface area contributed by atoms with E-state index in [0.29, 0.717) is 16.8 Å². The van der Waals surface area contributed by atoms with Crippen LogP contribution in [0.25, 0.3) is 22.2 Å². The van der Waals surface area contributed by atoms with Gasteiger partial charge >= 0.3 is 5.76 Å². The summed E-state index contributed by atoms with van der Waals surface area (Å²) in [6.45, 7) is 0. The number of fused-ring (bicyclic) bond motifs is 1. The number of hydrogen-bond acceptors (Lipinski definition) is 4. The van der Waals surface area contributed by atoms with E-state index in [-0.39, 0.29) is 0 Å². The number of hydrogen-bond donors (Lipinski definition) is 1. The van der Waals surface area contributed by atoms with Crippen LogP contribution in [-0.2, 0) is 0 Å². The number of rotatable bonds is 3. The van der Waals surface area contributed by atoms with Gasteiger partial charge in [-0.3, -0.25) is 9.97 Å². The van der Waals surface area contributed by atoms with Gasteiger partial charge in [-0.1, -0.05) is 24.3 Å². The number of ether oxygens (including phenoxy) is 1. The lowest BCUT2D eigenvalue weighted by Crippen LogP contribution is -1.92. The summed E-state index contributed by atoms with van der Waals surface area (Å²) in [4.78, 5) is 18.1. The third kappa shape index (κ3) is 2.72. The standard InChI is InChI=1S/C18H12N2O3/c21-18-20-16-7-6-12(9-17(16)23-18)13-8-15(11-19-10-13)22-14-4-2-1-3-5-14/h1-11H,(H,20,21). The molecule has 5 heteroatoms. The van der Waals surface area contributed by atoms with Crippen molar-refractivity contribution in [2.45, 2.75) is 0 Å². The van der Waals surface area contributed by atoms with Gasteiger partial charge in [0.2, 0.25) is 0 Å². The highest BCUT2D eigenvalue weighted by Gasteiger charge is 2.06. The molecule has 112 valence electrons. The van der Waals surface area contributed by atoms with Crippen molar-refractivity contribution in [3.05, 3.63) is 77.5 Å². The van der Waals surface area contributed by atoms with Crippen molar-refractivity contribution in [3.63, 3.8) is 0 Å². The first-order valence-electron chi connectivity index (χ1n) is 7.09. The van der Waals surface area contributed by atoms with Gasteiger partial charge in [0.25, 0.3) is 0 Å². The molecule has 2 aromatic heterocycles. The van der Waals surface area contributed by atoms with Crippen LogP contribution in [0.15, 0.2) is 76.2 Å². The predicted molar refractivity (Wildman–Crippen MR) is 86.6 cm³/mol. The number of para-hydroxylation sites is 1. The molecule has 5 nitrogen and oxygen atoms in total. The number of nitrogens with zero attached hydrogens (tertiary/aromatic N) is 1. The molecule has 2 heterocycles. The van der Waals surface area contributed by atoms with Crippen LogP contribution in [0.1, 0.15) is 0 Å². The molecular formula is C18H12N2O3. The highest BCUT2D eigenvalue weighted by atomic mass is 16.5. The fraction of sp³-hybridized carbons (Fsp3) is 0. The Kier molecular flexibility index (Phi) is 3.16. The first-order chi connectivity index (χ1) is 11.3. The number of benzene rings is 2. The minimum absolute atomic E-state index is 0.462. The monoisotopic (exact) mass is 304 g/mol. The lowest BCUT2D eigenvalue weighted by atomic mass is 10.1. The van der Waals surface area contributed by atoms with Crippen molar-refractivity contribution in [2.24, 2.45) is 0 Å². The molecule has 0 radical (unpaired) electrons. The van der Waals surface area contributed by atoms with E-state index in [1.807, 2.05) is 42.5 Å². The summed E-state index contributed by atoms with van der Waals surface area (Å²) in [7, 11) is 0. The summed E-state index contributed by atoms with van der Waals surface area (Å²) in [5.74, 6) is 0.930. The molecule has 0 atom stereocenters. The van der Waals surface area contributed by atoms with Crippen molar-refractivity contribution in [1.82, 2.24) is 9.97 Å². The normalized spacial score (nSPS) is 10.8. The van der Waals surface area contributed by atoms with E-state index >= 15 is 0 Å². The van der Waals surface area contributed by atoms with Crippen LogP contribution in [0, 0.1) is 0 Å². The second kappa shape index (κ2) is 5.46. The molecule has 0 unspecified atom stereocenters. The zero-order valence-electron chi connectivity index (χ0n) is 12.0. The Morgan fingerprint density at radius 2 is 1.78 bits per heavy atom. The second-order valence-corrected chi connectivity index (χ2v) is 5.05. The van der Waals surface area contributed by atoms with E-state index in [0.717, 1.165) is 16.9 Å². The molecule has 0 amide bonds. The predicted octanol–water partition coefficient (Wildman–Crippen LogP) is 3.98. The van der Waals surface area contributed by atoms with Crippen LogP contribution in [0.5, 0.6) is 11.5 Å². The summed E-state index contributed by atoms with van der Waals surface area (Å²) >= 11 is 0. The molecule has 0 aliphatic heterocycles. The Balaban J connectivity index is 1.70. The maximum Gasteiger partial charge on any atom is 0.417 e. The van der Waals surface area contributed by atoms with E-state index in [1.54, 1.807) is 24.5 Å². The van der Waals surface area contributed by atoms with Crippen LogP contribution >= 0.6 is 0 Å². The number of H-pyrrole nitrogens is 1. The topological polar surface area (TPSA) is 68.1 Å². The molecule has 0 saturated heterocycles. The van der Waals surface area contributed by atoms with Crippen LogP contribution < -0.4 is 10.5 Å². The molecule has 0 aliphatic carbocycles. The largest absolute Gasteiger partial charge is 0.456 e. The van der Waals surface area contributed by atoms with Crippen molar-refractivity contribution >= 4 is 11.1 Å². The summed E-state index contributed by atoms with van der Waals surface area (Å²) in [6.07, 6.45) is 3.40. The summed E-state index contributed by atoms with van der Waals surface area (Å²) in [5.41, 5.74) is 2.96.